The quantitative estimate of drug-likeness (QED) is 0.157. The van der Waals surface area contributed by atoms with Gasteiger partial charge in [-0.15, -0.1) is 11.3 Å². The summed E-state index contributed by atoms with van der Waals surface area (Å²) in [6.07, 6.45) is 0. The summed E-state index contributed by atoms with van der Waals surface area (Å²) in [6, 6.07) is 81.8. The van der Waals surface area contributed by atoms with Crippen LogP contribution in [0.1, 0.15) is 0 Å². The molecular formula is C56H37NS. The number of anilines is 3. The molecule has 0 amide bonds. The Bertz CT molecular complexity index is 3240. The van der Waals surface area contributed by atoms with Gasteiger partial charge in [0.05, 0.1) is 0 Å². The SMILES string of the molecule is c1ccc2c(-c3ccc(-c4ccc(N(c5ccc(-c6cccc7ccccc67)cc5)c5ccc(-c6cccc7sc8ccccc8c67)cc5)cc4)cc3)cccc2c1. The minimum atomic E-state index is 1.10. The summed E-state index contributed by atoms with van der Waals surface area (Å²) in [7, 11) is 0. The lowest BCUT2D eigenvalue weighted by Crippen LogP contribution is -2.09. The van der Waals surface area contributed by atoms with E-state index in [0.717, 1.165) is 17.1 Å². The lowest BCUT2D eigenvalue weighted by atomic mass is 9.96. The number of hydrogen-bond acceptors (Lipinski definition) is 2. The summed E-state index contributed by atoms with van der Waals surface area (Å²) >= 11 is 1.86. The van der Waals surface area contributed by atoms with Crippen molar-refractivity contribution in [2.45, 2.75) is 0 Å². The zero-order chi connectivity index (χ0) is 38.4. The average molecular weight is 756 g/mol. The van der Waals surface area contributed by atoms with Crippen LogP contribution in [-0.2, 0) is 0 Å². The number of nitrogens with zero attached hydrogens (tertiary/aromatic N) is 1. The molecule has 10 aromatic carbocycles. The summed E-state index contributed by atoms with van der Waals surface area (Å²) in [5.74, 6) is 0. The molecule has 0 aliphatic carbocycles. The van der Waals surface area contributed by atoms with Crippen molar-refractivity contribution >= 4 is 70.1 Å². The molecule has 0 unspecified atom stereocenters. The summed E-state index contributed by atoms with van der Waals surface area (Å²) in [5, 5.41) is 7.70. The fourth-order valence-electron chi connectivity index (χ4n) is 8.64. The smallest absolute Gasteiger partial charge is 0.0462 e. The monoisotopic (exact) mass is 755 g/mol. The van der Waals surface area contributed by atoms with Gasteiger partial charge in [0.15, 0.2) is 0 Å². The Hall–Kier alpha value is -7.26. The van der Waals surface area contributed by atoms with Gasteiger partial charge in [0.1, 0.15) is 0 Å². The number of benzene rings is 10. The molecule has 272 valence electrons. The van der Waals surface area contributed by atoms with Crippen LogP contribution in [-0.4, -0.2) is 0 Å². The molecule has 0 saturated heterocycles. The van der Waals surface area contributed by atoms with Crippen LogP contribution in [0.5, 0.6) is 0 Å². The predicted molar refractivity (Wildman–Crippen MR) is 251 cm³/mol. The van der Waals surface area contributed by atoms with Crippen molar-refractivity contribution < 1.29 is 0 Å². The van der Waals surface area contributed by atoms with E-state index in [2.05, 4.69) is 229 Å². The van der Waals surface area contributed by atoms with Crippen LogP contribution in [0.2, 0.25) is 0 Å². The van der Waals surface area contributed by atoms with Crippen LogP contribution in [0, 0.1) is 0 Å². The first-order valence-corrected chi connectivity index (χ1v) is 20.6. The van der Waals surface area contributed by atoms with E-state index >= 15 is 0 Å². The van der Waals surface area contributed by atoms with Crippen LogP contribution in [0.3, 0.4) is 0 Å². The van der Waals surface area contributed by atoms with Crippen LogP contribution in [0.25, 0.3) is 86.2 Å². The second kappa shape index (κ2) is 14.4. The van der Waals surface area contributed by atoms with Gasteiger partial charge in [-0.2, -0.15) is 0 Å². The van der Waals surface area contributed by atoms with E-state index in [1.54, 1.807) is 0 Å². The lowest BCUT2D eigenvalue weighted by Gasteiger charge is -2.26. The van der Waals surface area contributed by atoms with Crippen molar-refractivity contribution in [1.82, 2.24) is 0 Å². The zero-order valence-electron chi connectivity index (χ0n) is 31.7. The summed E-state index contributed by atoms with van der Waals surface area (Å²) in [5.41, 5.74) is 13.1. The van der Waals surface area contributed by atoms with Crippen molar-refractivity contribution in [3.63, 3.8) is 0 Å². The molecule has 0 spiro atoms. The van der Waals surface area contributed by atoms with Gasteiger partial charge in [0, 0.05) is 37.2 Å². The Kier molecular flexibility index (Phi) is 8.42. The van der Waals surface area contributed by atoms with Gasteiger partial charge in [-0.05, 0) is 115 Å². The third-order valence-corrected chi connectivity index (χ3v) is 12.6. The standard InChI is InChI=1S/C56H37NS/c1-3-14-48-40(10-1)12-7-17-50(48)42-24-22-38(23-25-42)39-26-32-45(33-27-39)57(46-34-28-43(29-35-46)51-18-8-13-41-11-2-4-15-49(41)51)47-36-30-44(31-37-47)52-19-9-21-55-56(52)53-16-5-6-20-54(53)58-55/h1-37H. The molecule has 1 heterocycles. The molecule has 0 bridgehead atoms. The molecule has 0 saturated carbocycles. The molecule has 0 atom stereocenters. The van der Waals surface area contributed by atoms with E-state index in [1.807, 2.05) is 11.3 Å². The van der Waals surface area contributed by atoms with Crippen molar-refractivity contribution in [1.29, 1.82) is 0 Å². The molecule has 1 aromatic heterocycles. The fraction of sp³-hybridized carbons (Fsp3) is 0. The molecule has 0 N–H and O–H groups in total. The fourth-order valence-corrected chi connectivity index (χ4v) is 9.77. The number of rotatable bonds is 7. The Morgan fingerprint density at radius 1 is 0.259 bits per heavy atom. The third kappa shape index (κ3) is 6.03. The van der Waals surface area contributed by atoms with E-state index in [9.17, 15) is 0 Å². The summed E-state index contributed by atoms with van der Waals surface area (Å²) in [6.45, 7) is 0. The van der Waals surface area contributed by atoms with E-state index in [1.165, 1.54) is 86.2 Å². The van der Waals surface area contributed by atoms with Crippen molar-refractivity contribution in [2.75, 3.05) is 4.90 Å². The van der Waals surface area contributed by atoms with E-state index in [0.29, 0.717) is 0 Å². The largest absolute Gasteiger partial charge is 0.311 e. The van der Waals surface area contributed by atoms with Gasteiger partial charge in [0.25, 0.3) is 0 Å². The predicted octanol–water partition coefficient (Wildman–Crippen LogP) is 16.5. The molecule has 58 heavy (non-hydrogen) atoms. The highest BCUT2D eigenvalue weighted by molar-refractivity contribution is 7.25. The Morgan fingerprint density at radius 2 is 0.621 bits per heavy atom. The zero-order valence-corrected chi connectivity index (χ0v) is 32.5. The average Bonchev–Trinajstić information content (AvgIpc) is 3.69. The van der Waals surface area contributed by atoms with Gasteiger partial charge in [-0.25, -0.2) is 0 Å². The van der Waals surface area contributed by atoms with Crippen molar-refractivity contribution in [3.05, 3.63) is 224 Å². The lowest BCUT2D eigenvalue weighted by molar-refractivity contribution is 1.28. The minimum absolute atomic E-state index is 1.10. The van der Waals surface area contributed by atoms with E-state index in [4.69, 9.17) is 0 Å². The Balaban J connectivity index is 0.961. The van der Waals surface area contributed by atoms with Crippen LogP contribution in [0.4, 0.5) is 17.1 Å². The molecule has 0 aliphatic heterocycles. The maximum Gasteiger partial charge on any atom is 0.0462 e. The second-order valence-corrected chi connectivity index (χ2v) is 16.0. The molecule has 0 radical (unpaired) electrons. The topological polar surface area (TPSA) is 3.24 Å². The minimum Gasteiger partial charge on any atom is -0.311 e. The van der Waals surface area contributed by atoms with Crippen molar-refractivity contribution in [3.8, 4) is 44.5 Å². The van der Waals surface area contributed by atoms with Crippen LogP contribution in [0.15, 0.2) is 224 Å². The maximum absolute atomic E-state index is 2.37. The normalized spacial score (nSPS) is 11.4. The second-order valence-electron chi connectivity index (χ2n) is 14.9. The molecule has 2 heteroatoms. The number of thiophene rings is 1. The molecular weight excluding hydrogens is 719 g/mol. The van der Waals surface area contributed by atoms with Gasteiger partial charge < -0.3 is 4.90 Å². The first-order chi connectivity index (χ1) is 28.7. The highest BCUT2D eigenvalue weighted by atomic mass is 32.1. The maximum atomic E-state index is 2.37. The first kappa shape index (κ1) is 34.0. The number of fused-ring (bicyclic) bond motifs is 5. The molecule has 0 aliphatic rings. The van der Waals surface area contributed by atoms with E-state index < -0.39 is 0 Å². The van der Waals surface area contributed by atoms with Gasteiger partial charge in [-0.3, -0.25) is 0 Å². The highest BCUT2D eigenvalue weighted by Crippen LogP contribution is 2.42. The van der Waals surface area contributed by atoms with Crippen LogP contribution < -0.4 is 4.90 Å². The first-order valence-electron chi connectivity index (χ1n) is 19.8. The third-order valence-electron chi connectivity index (χ3n) is 11.5. The number of hydrogen-bond donors (Lipinski definition) is 0. The highest BCUT2D eigenvalue weighted by Gasteiger charge is 2.16. The summed E-state index contributed by atoms with van der Waals surface area (Å²) < 4.78 is 2.64. The van der Waals surface area contributed by atoms with Gasteiger partial charge in [0.2, 0.25) is 0 Å². The van der Waals surface area contributed by atoms with Gasteiger partial charge in [-0.1, -0.05) is 176 Å². The Labute approximate surface area is 342 Å². The Morgan fingerprint density at radius 3 is 1.17 bits per heavy atom. The van der Waals surface area contributed by atoms with Gasteiger partial charge >= 0.3 is 0 Å². The van der Waals surface area contributed by atoms with E-state index in [-0.39, 0.29) is 0 Å². The summed E-state index contributed by atoms with van der Waals surface area (Å²) in [4.78, 5) is 2.37. The molecule has 11 rings (SSSR count). The molecule has 11 aromatic rings. The van der Waals surface area contributed by atoms with Crippen molar-refractivity contribution in [2.24, 2.45) is 0 Å². The molecule has 0 fully saturated rings. The van der Waals surface area contributed by atoms with Crippen LogP contribution >= 0.6 is 11.3 Å². The molecule has 1 nitrogen and oxygen atoms in total.